The van der Waals surface area contributed by atoms with Crippen LogP contribution in [0.25, 0.3) is 0 Å². The Balaban J connectivity index is 1.60. The van der Waals surface area contributed by atoms with E-state index in [1.165, 1.54) is 5.69 Å². The molecule has 0 bridgehead atoms. The van der Waals surface area contributed by atoms with E-state index in [-0.39, 0.29) is 6.42 Å². The zero-order valence-electron chi connectivity index (χ0n) is 13.2. The fourth-order valence-corrected chi connectivity index (χ4v) is 3.09. The van der Waals surface area contributed by atoms with E-state index in [1.54, 1.807) is 0 Å². The third-order valence-electron chi connectivity index (χ3n) is 4.35. The highest BCUT2D eigenvalue weighted by Crippen LogP contribution is 2.18. The summed E-state index contributed by atoms with van der Waals surface area (Å²) in [5.74, 6) is -0.772. The molecule has 0 aromatic heterocycles. The topological polar surface area (TPSA) is 43.8 Å². The first kappa shape index (κ1) is 15.6. The molecule has 120 valence electrons. The van der Waals surface area contributed by atoms with Crippen LogP contribution in [0.4, 0.5) is 5.69 Å². The van der Waals surface area contributed by atoms with Crippen molar-refractivity contribution in [2.24, 2.45) is 0 Å². The van der Waals surface area contributed by atoms with Gasteiger partial charge in [0.1, 0.15) is 0 Å². The van der Waals surface area contributed by atoms with Crippen molar-refractivity contribution in [3.05, 3.63) is 65.7 Å². The van der Waals surface area contributed by atoms with Crippen molar-refractivity contribution >= 4 is 11.7 Å². The first-order chi connectivity index (χ1) is 11.2. The van der Waals surface area contributed by atoms with Gasteiger partial charge in [-0.15, -0.1) is 0 Å². The van der Waals surface area contributed by atoms with Crippen molar-refractivity contribution in [3.8, 4) is 0 Å². The van der Waals surface area contributed by atoms with Crippen LogP contribution in [0.2, 0.25) is 0 Å². The lowest BCUT2D eigenvalue weighted by Crippen LogP contribution is -2.46. The number of carbonyl (C=O) groups is 1. The number of hydrogen-bond acceptors (Lipinski definition) is 3. The lowest BCUT2D eigenvalue weighted by molar-refractivity contribution is -0.136. The molecule has 0 amide bonds. The lowest BCUT2D eigenvalue weighted by atomic mass is 10.0. The summed E-state index contributed by atoms with van der Waals surface area (Å²) in [7, 11) is 0. The maximum Gasteiger partial charge on any atom is 0.307 e. The van der Waals surface area contributed by atoms with Crippen LogP contribution in [-0.4, -0.2) is 42.2 Å². The van der Waals surface area contributed by atoms with Crippen LogP contribution in [-0.2, 0) is 17.8 Å². The van der Waals surface area contributed by atoms with Gasteiger partial charge in [-0.05, 0) is 23.3 Å². The molecule has 4 heteroatoms. The molecule has 1 heterocycles. The third kappa shape index (κ3) is 4.11. The Kier molecular flexibility index (Phi) is 4.93. The number of anilines is 1. The summed E-state index contributed by atoms with van der Waals surface area (Å²) >= 11 is 0. The SMILES string of the molecule is O=C(O)Cc1ccccc1CN1CCN(c2ccccc2)CC1. The molecule has 2 aromatic rings. The summed E-state index contributed by atoms with van der Waals surface area (Å²) in [6, 6.07) is 18.4. The fraction of sp³-hybridized carbons (Fsp3) is 0.316. The van der Waals surface area contributed by atoms with E-state index in [9.17, 15) is 4.79 Å². The monoisotopic (exact) mass is 310 g/mol. The molecule has 1 aliphatic rings. The van der Waals surface area contributed by atoms with E-state index in [2.05, 4.69) is 34.1 Å². The highest BCUT2D eigenvalue weighted by molar-refractivity contribution is 5.70. The molecule has 0 unspecified atom stereocenters. The summed E-state index contributed by atoms with van der Waals surface area (Å²) in [4.78, 5) is 15.8. The van der Waals surface area contributed by atoms with Crippen molar-refractivity contribution in [2.75, 3.05) is 31.1 Å². The highest BCUT2D eigenvalue weighted by Gasteiger charge is 2.18. The van der Waals surface area contributed by atoms with Crippen LogP contribution in [0.3, 0.4) is 0 Å². The fourth-order valence-electron chi connectivity index (χ4n) is 3.09. The number of para-hydroxylation sites is 1. The molecule has 1 fully saturated rings. The number of rotatable bonds is 5. The van der Waals surface area contributed by atoms with Gasteiger partial charge in [0.2, 0.25) is 0 Å². The molecule has 0 spiro atoms. The summed E-state index contributed by atoms with van der Waals surface area (Å²) in [6.45, 7) is 4.83. The Bertz CT molecular complexity index is 649. The van der Waals surface area contributed by atoms with Gasteiger partial charge in [-0.3, -0.25) is 9.69 Å². The third-order valence-corrected chi connectivity index (χ3v) is 4.35. The van der Waals surface area contributed by atoms with Gasteiger partial charge in [0, 0.05) is 38.4 Å². The number of carboxylic acids is 1. The van der Waals surface area contributed by atoms with Crippen LogP contribution in [0.15, 0.2) is 54.6 Å². The van der Waals surface area contributed by atoms with E-state index in [0.29, 0.717) is 0 Å². The molecule has 2 aromatic carbocycles. The van der Waals surface area contributed by atoms with E-state index >= 15 is 0 Å². The maximum atomic E-state index is 11.0. The number of benzene rings is 2. The van der Waals surface area contributed by atoms with Crippen LogP contribution in [0.1, 0.15) is 11.1 Å². The number of aliphatic carboxylic acids is 1. The van der Waals surface area contributed by atoms with Gasteiger partial charge < -0.3 is 10.0 Å². The molecule has 1 saturated heterocycles. The molecule has 0 aliphatic carbocycles. The number of hydrogen-bond donors (Lipinski definition) is 1. The lowest BCUT2D eigenvalue weighted by Gasteiger charge is -2.36. The van der Waals surface area contributed by atoms with Crippen LogP contribution in [0.5, 0.6) is 0 Å². The average Bonchev–Trinajstić information content (AvgIpc) is 2.58. The largest absolute Gasteiger partial charge is 0.481 e. The Morgan fingerprint density at radius 3 is 2.13 bits per heavy atom. The predicted molar refractivity (Wildman–Crippen MR) is 91.7 cm³/mol. The molecule has 23 heavy (non-hydrogen) atoms. The minimum Gasteiger partial charge on any atom is -0.481 e. The zero-order chi connectivity index (χ0) is 16.1. The first-order valence-electron chi connectivity index (χ1n) is 8.03. The molecular weight excluding hydrogens is 288 g/mol. The molecule has 0 atom stereocenters. The van der Waals surface area contributed by atoms with Gasteiger partial charge in [-0.2, -0.15) is 0 Å². The second-order valence-electron chi connectivity index (χ2n) is 5.94. The van der Waals surface area contributed by atoms with Crippen molar-refractivity contribution in [2.45, 2.75) is 13.0 Å². The number of piperazine rings is 1. The Morgan fingerprint density at radius 1 is 0.870 bits per heavy atom. The van der Waals surface area contributed by atoms with Crippen molar-refractivity contribution in [1.82, 2.24) is 4.90 Å². The molecule has 0 saturated carbocycles. The van der Waals surface area contributed by atoms with E-state index in [4.69, 9.17) is 5.11 Å². The van der Waals surface area contributed by atoms with Gasteiger partial charge >= 0.3 is 5.97 Å². The van der Waals surface area contributed by atoms with E-state index < -0.39 is 5.97 Å². The Labute approximate surface area is 137 Å². The standard InChI is InChI=1S/C19H22N2O2/c22-19(23)14-16-6-4-5-7-17(16)15-20-10-12-21(13-11-20)18-8-2-1-3-9-18/h1-9H,10-15H2,(H,22,23). The minimum absolute atomic E-state index is 0.0974. The molecule has 0 radical (unpaired) electrons. The second kappa shape index (κ2) is 7.29. The maximum absolute atomic E-state index is 11.0. The van der Waals surface area contributed by atoms with Crippen LogP contribution >= 0.6 is 0 Å². The predicted octanol–water partition coefficient (Wildman–Crippen LogP) is 2.64. The van der Waals surface area contributed by atoms with Gasteiger partial charge in [-0.25, -0.2) is 0 Å². The highest BCUT2D eigenvalue weighted by atomic mass is 16.4. The van der Waals surface area contributed by atoms with Crippen molar-refractivity contribution in [3.63, 3.8) is 0 Å². The van der Waals surface area contributed by atoms with Crippen LogP contribution < -0.4 is 4.90 Å². The molecule has 4 nitrogen and oxygen atoms in total. The van der Waals surface area contributed by atoms with E-state index in [0.717, 1.165) is 43.9 Å². The van der Waals surface area contributed by atoms with Gasteiger partial charge in [0.15, 0.2) is 0 Å². The first-order valence-corrected chi connectivity index (χ1v) is 8.03. The summed E-state index contributed by atoms with van der Waals surface area (Å²) in [5.41, 5.74) is 3.33. The summed E-state index contributed by atoms with van der Waals surface area (Å²) < 4.78 is 0. The average molecular weight is 310 g/mol. The summed E-state index contributed by atoms with van der Waals surface area (Å²) in [6.07, 6.45) is 0.0974. The van der Waals surface area contributed by atoms with E-state index in [1.807, 2.05) is 30.3 Å². The molecular formula is C19H22N2O2. The quantitative estimate of drug-likeness (QED) is 0.922. The van der Waals surface area contributed by atoms with Crippen molar-refractivity contribution < 1.29 is 9.90 Å². The van der Waals surface area contributed by atoms with Crippen molar-refractivity contribution in [1.29, 1.82) is 0 Å². The number of nitrogens with zero attached hydrogens (tertiary/aromatic N) is 2. The Hall–Kier alpha value is -2.33. The van der Waals surface area contributed by atoms with Crippen LogP contribution in [0, 0.1) is 0 Å². The molecule has 1 N–H and O–H groups in total. The summed E-state index contributed by atoms with van der Waals surface area (Å²) in [5, 5.41) is 9.04. The molecule has 3 rings (SSSR count). The zero-order valence-corrected chi connectivity index (χ0v) is 13.2. The second-order valence-corrected chi connectivity index (χ2v) is 5.94. The van der Waals surface area contributed by atoms with Gasteiger partial charge in [0.25, 0.3) is 0 Å². The number of carboxylic acid groups (broad SMARTS) is 1. The molecule has 1 aliphatic heterocycles. The van der Waals surface area contributed by atoms with Gasteiger partial charge in [0.05, 0.1) is 6.42 Å². The normalized spacial score (nSPS) is 15.6. The van der Waals surface area contributed by atoms with Gasteiger partial charge in [-0.1, -0.05) is 42.5 Å². The smallest absolute Gasteiger partial charge is 0.307 e. The minimum atomic E-state index is -0.772. The Morgan fingerprint density at radius 2 is 1.48 bits per heavy atom.